The molecule has 1 aromatic rings. The highest BCUT2D eigenvalue weighted by molar-refractivity contribution is 5.34. The predicted octanol–water partition coefficient (Wildman–Crippen LogP) is 4.62. The number of hydrogen-bond donors (Lipinski definition) is 0. The number of hydrogen-bond acceptors (Lipinski definition) is 1. The Kier molecular flexibility index (Phi) is 3.07. The van der Waals surface area contributed by atoms with Crippen LogP contribution in [-0.2, 0) is 0 Å². The van der Waals surface area contributed by atoms with Crippen molar-refractivity contribution in [1.29, 1.82) is 0 Å². The lowest BCUT2D eigenvalue weighted by Crippen LogP contribution is -2.56. The molecule has 1 aromatic carbocycles. The van der Waals surface area contributed by atoms with Gasteiger partial charge >= 0.3 is 11.8 Å². The van der Waals surface area contributed by atoms with Crippen molar-refractivity contribution < 1.29 is 22.3 Å². The first-order valence-electron chi connectivity index (χ1n) is 6.07. The van der Waals surface area contributed by atoms with E-state index in [9.17, 15) is 17.6 Å². The molecule has 1 saturated carbocycles. The number of ether oxygens (including phenoxy) is 1. The molecule has 1 fully saturated rings. The maximum absolute atomic E-state index is 13.3. The van der Waals surface area contributed by atoms with E-state index in [1.165, 1.54) is 24.3 Å². The Morgan fingerprint density at radius 2 is 1.58 bits per heavy atom. The lowest BCUT2D eigenvalue weighted by molar-refractivity contribution is -0.290. The molecule has 0 spiro atoms. The largest absolute Gasteiger partial charge is 0.488 e. The van der Waals surface area contributed by atoms with Crippen molar-refractivity contribution in [3.05, 3.63) is 29.8 Å². The summed E-state index contributed by atoms with van der Waals surface area (Å²) in [6.45, 7) is 5.59. The van der Waals surface area contributed by atoms with Crippen molar-refractivity contribution >= 4 is 0 Å². The van der Waals surface area contributed by atoms with E-state index in [1.807, 2.05) is 20.8 Å². The third-order valence-electron chi connectivity index (χ3n) is 3.09. The Balaban J connectivity index is 2.13. The number of halogens is 4. The number of rotatable bonds is 2. The van der Waals surface area contributed by atoms with E-state index in [0.29, 0.717) is 5.75 Å². The fourth-order valence-corrected chi connectivity index (χ4v) is 2.09. The zero-order valence-corrected chi connectivity index (χ0v) is 11.0. The van der Waals surface area contributed by atoms with Crippen molar-refractivity contribution in [3.63, 3.8) is 0 Å². The Bertz CT molecular complexity index is 459. The molecule has 0 N–H and O–H groups in total. The van der Waals surface area contributed by atoms with Crippen LogP contribution >= 0.6 is 0 Å². The molecule has 5 heteroatoms. The van der Waals surface area contributed by atoms with Gasteiger partial charge in [-0.25, -0.2) is 0 Å². The van der Waals surface area contributed by atoms with Gasteiger partial charge in [-0.2, -0.15) is 17.6 Å². The molecule has 19 heavy (non-hydrogen) atoms. The van der Waals surface area contributed by atoms with Crippen LogP contribution in [0.5, 0.6) is 5.75 Å². The molecule has 0 aromatic heterocycles. The standard InChI is InChI=1S/C14H16F4O/c1-12(2,3)19-10-6-4-9(5-7-10)11-8-13(15,16)14(11,17)18/h4-7,11H,8H2,1-3H3. The summed E-state index contributed by atoms with van der Waals surface area (Å²) in [7, 11) is 0. The molecular weight excluding hydrogens is 260 g/mol. The van der Waals surface area contributed by atoms with Gasteiger partial charge in [0.05, 0.1) is 5.92 Å². The summed E-state index contributed by atoms with van der Waals surface area (Å²) < 4.78 is 57.6. The molecule has 1 aliphatic rings. The van der Waals surface area contributed by atoms with Gasteiger partial charge in [0.15, 0.2) is 0 Å². The molecule has 0 saturated heterocycles. The van der Waals surface area contributed by atoms with Gasteiger partial charge in [0, 0.05) is 6.42 Å². The number of benzene rings is 1. The third-order valence-corrected chi connectivity index (χ3v) is 3.09. The molecule has 1 aliphatic carbocycles. The zero-order chi connectivity index (χ0) is 14.5. The summed E-state index contributed by atoms with van der Waals surface area (Å²) in [6.07, 6.45) is -0.806. The van der Waals surface area contributed by atoms with Crippen LogP contribution < -0.4 is 4.74 Å². The van der Waals surface area contributed by atoms with E-state index in [0.717, 1.165) is 0 Å². The van der Waals surface area contributed by atoms with Gasteiger partial charge < -0.3 is 4.74 Å². The van der Waals surface area contributed by atoms with Crippen LogP contribution in [0, 0.1) is 0 Å². The minimum absolute atomic E-state index is 0.220. The minimum Gasteiger partial charge on any atom is -0.488 e. The second-order valence-electron chi connectivity index (χ2n) is 5.87. The molecule has 0 amide bonds. The SMILES string of the molecule is CC(C)(C)Oc1ccc(C2CC(F)(F)C2(F)F)cc1. The molecule has 1 atom stereocenters. The Morgan fingerprint density at radius 1 is 1.05 bits per heavy atom. The van der Waals surface area contributed by atoms with E-state index in [4.69, 9.17) is 4.74 Å². The van der Waals surface area contributed by atoms with E-state index >= 15 is 0 Å². The minimum atomic E-state index is -3.96. The summed E-state index contributed by atoms with van der Waals surface area (Å²) in [6, 6.07) is 5.92. The first-order valence-corrected chi connectivity index (χ1v) is 6.07. The van der Waals surface area contributed by atoms with Crippen LogP contribution in [0.2, 0.25) is 0 Å². The molecular formula is C14H16F4O. The van der Waals surface area contributed by atoms with Gasteiger partial charge in [-0.15, -0.1) is 0 Å². The smallest absolute Gasteiger partial charge is 0.317 e. The summed E-state index contributed by atoms with van der Waals surface area (Å²) >= 11 is 0. The second-order valence-corrected chi connectivity index (χ2v) is 5.87. The first-order chi connectivity index (χ1) is 8.53. The molecule has 1 unspecified atom stereocenters. The van der Waals surface area contributed by atoms with Gasteiger partial charge in [-0.3, -0.25) is 0 Å². The highest BCUT2D eigenvalue weighted by Gasteiger charge is 2.71. The summed E-state index contributed by atoms with van der Waals surface area (Å²) in [5.41, 5.74) is -0.174. The second kappa shape index (κ2) is 4.12. The van der Waals surface area contributed by atoms with Crippen LogP contribution in [0.3, 0.4) is 0 Å². The monoisotopic (exact) mass is 276 g/mol. The van der Waals surface area contributed by atoms with Crippen molar-refractivity contribution in [2.24, 2.45) is 0 Å². The van der Waals surface area contributed by atoms with Crippen LogP contribution in [-0.4, -0.2) is 17.4 Å². The molecule has 1 nitrogen and oxygen atoms in total. The molecule has 0 bridgehead atoms. The van der Waals surface area contributed by atoms with Crippen LogP contribution in [0.4, 0.5) is 17.6 Å². The average Bonchev–Trinajstić information content (AvgIpc) is 2.25. The quantitative estimate of drug-likeness (QED) is 0.716. The normalized spacial score (nSPS) is 24.7. The Labute approximate surface area is 109 Å². The lowest BCUT2D eigenvalue weighted by Gasteiger charge is -2.44. The van der Waals surface area contributed by atoms with Crippen LogP contribution in [0.15, 0.2) is 24.3 Å². The van der Waals surface area contributed by atoms with E-state index in [2.05, 4.69) is 0 Å². The molecule has 0 aliphatic heterocycles. The van der Waals surface area contributed by atoms with Gasteiger partial charge in [0.2, 0.25) is 0 Å². The van der Waals surface area contributed by atoms with Crippen molar-refractivity contribution in [1.82, 2.24) is 0 Å². The fourth-order valence-electron chi connectivity index (χ4n) is 2.09. The third kappa shape index (κ3) is 2.55. The predicted molar refractivity (Wildman–Crippen MR) is 64.1 cm³/mol. The van der Waals surface area contributed by atoms with Crippen molar-refractivity contribution in [2.75, 3.05) is 0 Å². The van der Waals surface area contributed by atoms with Crippen molar-refractivity contribution in [2.45, 2.75) is 50.6 Å². The molecule has 0 radical (unpaired) electrons. The molecule has 106 valence electrons. The van der Waals surface area contributed by atoms with E-state index < -0.39 is 29.8 Å². The molecule has 2 rings (SSSR count). The summed E-state index contributed by atoms with van der Waals surface area (Å²) in [5.74, 6) is -8.73. The highest BCUT2D eigenvalue weighted by Crippen LogP contribution is 2.59. The fraction of sp³-hybridized carbons (Fsp3) is 0.571. The number of alkyl halides is 4. The van der Waals surface area contributed by atoms with Gasteiger partial charge in [-0.1, -0.05) is 12.1 Å². The lowest BCUT2D eigenvalue weighted by atomic mass is 9.72. The topological polar surface area (TPSA) is 9.23 Å². The van der Waals surface area contributed by atoms with Gasteiger partial charge in [0.25, 0.3) is 0 Å². The summed E-state index contributed by atoms with van der Waals surface area (Å²) in [5, 5.41) is 0. The Hall–Kier alpha value is -1.26. The first kappa shape index (κ1) is 14.2. The highest BCUT2D eigenvalue weighted by atomic mass is 19.3. The zero-order valence-electron chi connectivity index (χ0n) is 11.0. The van der Waals surface area contributed by atoms with Crippen LogP contribution in [0.1, 0.15) is 38.7 Å². The van der Waals surface area contributed by atoms with Crippen molar-refractivity contribution in [3.8, 4) is 5.75 Å². The maximum Gasteiger partial charge on any atom is 0.317 e. The average molecular weight is 276 g/mol. The Morgan fingerprint density at radius 3 is 1.95 bits per heavy atom. The van der Waals surface area contributed by atoms with Gasteiger partial charge in [-0.05, 0) is 38.5 Å². The van der Waals surface area contributed by atoms with E-state index in [1.54, 1.807) is 0 Å². The van der Waals surface area contributed by atoms with Crippen LogP contribution in [0.25, 0.3) is 0 Å². The van der Waals surface area contributed by atoms with Gasteiger partial charge in [0.1, 0.15) is 11.4 Å². The maximum atomic E-state index is 13.3. The van der Waals surface area contributed by atoms with E-state index in [-0.39, 0.29) is 5.56 Å². The summed E-state index contributed by atoms with van der Waals surface area (Å²) in [4.78, 5) is 0. The molecule has 0 heterocycles.